The summed E-state index contributed by atoms with van der Waals surface area (Å²) in [5.74, 6) is 0.753. The Bertz CT molecular complexity index is 621. The van der Waals surface area contributed by atoms with Gasteiger partial charge in [0.2, 0.25) is 0 Å². The number of nitrogens with one attached hydrogen (secondary N) is 1. The summed E-state index contributed by atoms with van der Waals surface area (Å²) in [5, 5.41) is 1.20. The number of aldehydes is 1. The van der Waals surface area contributed by atoms with Gasteiger partial charge in [-0.1, -0.05) is 18.2 Å². The zero-order valence-corrected chi connectivity index (χ0v) is 9.12. The van der Waals surface area contributed by atoms with Gasteiger partial charge in [0.25, 0.3) is 0 Å². The van der Waals surface area contributed by atoms with Crippen molar-refractivity contribution in [1.82, 2.24) is 9.97 Å². The van der Waals surface area contributed by atoms with Crippen LogP contribution in [0.3, 0.4) is 0 Å². The van der Waals surface area contributed by atoms with Crippen molar-refractivity contribution in [1.29, 1.82) is 0 Å². The van der Waals surface area contributed by atoms with Crippen LogP contribution in [0.5, 0.6) is 0 Å². The van der Waals surface area contributed by atoms with Crippen LogP contribution in [0.2, 0.25) is 0 Å². The van der Waals surface area contributed by atoms with E-state index in [1.807, 2.05) is 12.1 Å². The predicted octanol–water partition coefficient (Wildman–Crippen LogP) is 3.10. The lowest BCUT2D eigenvalue weighted by Gasteiger charge is -1.86. The molecular weight excluding hydrogens is 220 g/mol. The Morgan fingerprint density at radius 3 is 2.94 bits per heavy atom. The van der Waals surface area contributed by atoms with E-state index in [0.717, 1.165) is 17.0 Å². The highest BCUT2D eigenvalue weighted by Gasteiger charge is 2.06. The van der Waals surface area contributed by atoms with Crippen molar-refractivity contribution in [3.05, 3.63) is 42.2 Å². The number of carbonyl (C=O) groups excluding carboxylic acids is 1. The van der Waals surface area contributed by atoms with E-state index in [-0.39, 0.29) is 0 Å². The molecule has 1 N–H and O–H groups in total. The molecule has 1 aromatic carbocycles. The number of imidazole rings is 1. The third-order valence-corrected chi connectivity index (χ3v) is 3.50. The average molecular weight is 228 g/mol. The minimum atomic E-state index is 0.507. The van der Waals surface area contributed by atoms with Gasteiger partial charge in [0.05, 0.1) is 16.8 Å². The number of fused-ring (bicyclic) bond motifs is 1. The summed E-state index contributed by atoms with van der Waals surface area (Å²) in [6.07, 6.45) is 2.32. The van der Waals surface area contributed by atoms with Crippen LogP contribution in [0.15, 0.2) is 36.5 Å². The van der Waals surface area contributed by atoms with Crippen molar-refractivity contribution in [3.8, 4) is 10.7 Å². The van der Waals surface area contributed by atoms with Gasteiger partial charge < -0.3 is 4.98 Å². The first-order chi connectivity index (χ1) is 7.86. The van der Waals surface area contributed by atoms with Gasteiger partial charge in [0, 0.05) is 4.70 Å². The van der Waals surface area contributed by atoms with Gasteiger partial charge >= 0.3 is 0 Å². The van der Waals surface area contributed by atoms with E-state index in [0.29, 0.717) is 5.69 Å². The van der Waals surface area contributed by atoms with Crippen molar-refractivity contribution in [2.45, 2.75) is 0 Å². The van der Waals surface area contributed by atoms with Gasteiger partial charge in [0.1, 0.15) is 5.82 Å². The predicted molar refractivity (Wildman–Crippen MR) is 64.8 cm³/mol. The molecule has 16 heavy (non-hydrogen) atoms. The number of aromatic nitrogens is 2. The molecule has 78 valence electrons. The number of carbonyl (C=O) groups is 1. The molecule has 0 amide bonds. The van der Waals surface area contributed by atoms with Crippen molar-refractivity contribution in [2.75, 3.05) is 0 Å². The second-order valence-corrected chi connectivity index (χ2v) is 4.54. The molecule has 0 aliphatic carbocycles. The van der Waals surface area contributed by atoms with Crippen LogP contribution in [0.25, 0.3) is 20.8 Å². The second kappa shape index (κ2) is 3.57. The Hall–Kier alpha value is -1.94. The lowest BCUT2D eigenvalue weighted by molar-refractivity contribution is 0.111. The smallest absolute Gasteiger partial charge is 0.167 e. The maximum atomic E-state index is 10.6. The summed E-state index contributed by atoms with van der Waals surface area (Å²) in [4.78, 5) is 18.8. The third kappa shape index (κ3) is 1.44. The highest BCUT2D eigenvalue weighted by atomic mass is 32.1. The van der Waals surface area contributed by atoms with Gasteiger partial charge in [-0.05, 0) is 17.5 Å². The molecule has 0 unspecified atom stereocenters. The number of H-pyrrole nitrogens is 1. The maximum Gasteiger partial charge on any atom is 0.167 e. The fourth-order valence-corrected chi connectivity index (χ4v) is 2.63. The Balaban J connectivity index is 2.14. The standard InChI is InChI=1S/C12H8N2OS/c15-7-9-6-13-12(14-9)11-5-8-3-1-2-4-10(8)16-11/h1-7H,(H,13,14). The summed E-state index contributed by atoms with van der Waals surface area (Å²) < 4.78 is 1.22. The molecule has 3 nitrogen and oxygen atoms in total. The molecule has 0 aliphatic rings. The molecule has 0 spiro atoms. The molecule has 0 bridgehead atoms. The average Bonchev–Trinajstić information content (AvgIpc) is 2.95. The number of nitrogens with zero attached hydrogens (tertiary/aromatic N) is 1. The molecule has 0 fully saturated rings. The molecule has 2 aromatic heterocycles. The van der Waals surface area contributed by atoms with Gasteiger partial charge in [-0.15, -0.1) is 11.3 Å². The largest absolute Gasteiger partial charge is 0.335 e. The number of thiophene rings is 1. The number of hydrogen-bond acceptors (Lipinski definition) is 3. The van der Waals surface area contributed by atoms with E-state index in [2.05, 4.69) is 28.2 Å². The Morgan fingerprint density at radius 1 is 1.31 bits per heavy atom. The minimum Gasteiger partial charge on any atom is -0.335 e. The number of hydrogen-bond donors (Lipinski definition) is 1. The highest BCUT2D eigenvalue weighted by molar-refractivity contribution is 7.22. The van der Waals surface area contributed by atoms with Crippen LogP contribution in [-0.4, -0.2) is 16.3 Å². The SMILES string of the molecule is O=Cc1cnc(-c2cc3ccccc3s2)[nH]1. The fraction of sp³-hybridized carbons (Fsp3) is 0. The molecule has 4 heteroatoms. The monoisotopic (exact) mass is 228 g/mol. The molecule has 3 aromatic rings. The Morgan fingerprint density at radius 2 is 2.19 bits per heavy atom. The van der Waals surface area contributed by atoms with Crippen molar-refractivity contribution in [2.24, 2.45) is 0 Å². The zero-order valence-electron chi connectivity index (χ0n) is 8.31. The van der Waals surface area contributed by atoms with E-state index in [1.165, 1.54) is 10.1 Å². The molecular formula is C12H8N2OS. The molecule has 2 heterocycles. The molecule has 0 radical (unpaired) electrons. The number of benzene rings is 1. The van der Waals surface area contributed by atoms with Gasteiger partial charge in [-0.3, -0.25) is 4.79 Å². The molecule has 0 saturated carbocycles. The number of aromatic amines is 1. The van der Waals surface area contributed by atoms with Crippen molar-refractivity contribution >= 4 is 27.7 Å². The molecule has 0 aliphatic heterocycles. The summed E-state index contributed by atoms with van der Waals surface area (Å²) in [7, 11) is 0. The van der Waals surface area contributed by atoms with Crippen LogP contribution >= 0.6 is 11.3 Å². The van der Waals surface area contributed by atoms with E-state index >= 15 is 0 Å². The first-order valence-corrected chi connectivity index (χ1v) is 5.67. The van der Waals surface area contributed by atoms with Gasteiger partial charge in [-0.25, -0.2) is 4.98 Å². The third-order valence-electron chi connectivity index (χ3n) is 2.38. The molecule has 0 saturated heterocycles. The lowest BCUT2D eigenvalue weighted by Crippen LogP contribution is -1.77. The summed E-state index contributed by atoms with van der Waals surface area (Å²) >= 11 is 1.66. The highest BCUT2D eigenvalue weighted by Crippen LogP contribution is 2.31. The van der Waals surface area contributed by atoms with Gasteiger partial charge in [0.15, 0.2) is 6.29 Å². The van der Waals surface area contributed by atoms with Crippen LogP contribution in [0.4, 0.5) is 0 Å². The first kappa shape index (κ1) is 9.30. The number of rotatable bonds is 2. The summed E-state index contributed by atoms with van der Waals surface area (Å²) in [6, 6.07) is 10.2. The second-order valence-electron chi connectivity index (χ2n) is 3.45. The molecule has 3 rings (SSSR count). The first-order valence-electron chi connectivity index (χ1n) is 4.86. The van der Waals surface area contributed by atoms with Crippen molar-refractivity contribution in [3.63, 3.8) is 0 Å². The lowest BCUT2D eigenvalue weighted by atomic mass is 10.2. The van der Waals surface area contributed by atoms with Gasteiger partial charge in [-0.2, -0.15) is 0 Å². The van der Waals surface area contributed by atoms with E-state index in [4.69, 9.17) is 0 Å². The maximum absolute atomic E-state index is 10.6. The minimum absolute atomic E-state index is 0.507. The summed E-state index contributed by atoms with van der Waals surface area (Å²) in [6.45, 7) is 0. The zero-order chi connectivity index (χ0) is 11.0. The normalized spacial score (nSPS) is 10.8. The summed E-state index contributed by atoms with van der Waals surface area (Å²) in [5.41, 5.74) is 0.507. The van der Waals surface area contributed by atoms with E-state index in [9.17, 15) is 4.79 Å². The van der Waals surface area contributed by atoms with Crippen molar-refractivity contribution < 1.29 is 4.79 Å². The Kier molecular flexibility index (Phi) is 2.08. The fourth-order valence-electron chi connectivity index (χ4n) is 1.62. The molecule has 0 atom stereocenters. The van der Waals surface area contributed by atoms with Crippen LogP contribution in [0, 0.1) is 0 Å². The van der Waals surface area contributed by atoms with E-state index in [1.54, 1.807) is 17.5 Å². The van der Waals surface area contributed by atoms with Crippen LogP contribution in [0.1, 0.15) is 10.5 Å². The van der Waals surface area contributed by atoms with E-state index < -0.39 is 0 Å². The van der Waals surface area contributed by atoms with Crippen LogP contribution in [-0.2, 0) is 0 Å². The van der Waals surface area contributed by atoms with Crippen LogP contribution < -0.4 is 0 Å². The topological polar surface area (TPSA) is 45.8 Å². The quantitative estimate of drug-likeness (QED) is 0.685. The Labute approximate surface area is 95.8 Å².